The molecule has 1 aromatic carbocycles. The number of rotatable bonds is 10. The highest BCUT2D eigenvalue weighted by molar-refractivity contribution is 7.90. The van der Waals surface area contributed by atoms with Crippen LogP contribution in [0.4, 0.5) is 5.69 Å². The van der Waals surface area contributed by atoms with Crippen molar-refractivity contribution in [2.24, 2.45) is 5.14 Å². The molecule has 0 amide bonds. The van der Waals surface area contributed by atoms with Gasteiger partial charge in [-0.25, -0.2) is 5.14 Å². The van der Waals surface area contributed by atoms with Gasteiger partial charge in [0.2, 0.25) is 0 Å². The average Bonchev–Trinajstić information content (AvgIpc) is 2.45. The normalized spacial score (nSPS) is 12.7. The van der Waals surface area contributed by atoms with E-state index < -0.39 is 16.3 Å². The highest BCUT2D eigenvalue weighted by atomic mass is 32.2. The van der Waals surface area contributed by atoms with Gasteiger partial charge in [-0.15, -0.1) is 0 Å². The number of aliphatic hydroxyl groups excluding tert-OH is 1. The maximum Gasteiger partial charge on any atom is 0.296 e. The van der Waals surface area contributed by atoms with Gasteiger partial charge < -0.3 is 10.0 Å². The number of hydrogen-bond donors (Lipinski definition) is 3. The summed E-state index contributed by atoms with van der Waals surface area (Å²) in [6, 6.07) is 6.60. The maximum atomic E-state index is 10.9. The minimum Gasteiger partial charge on any atom is -0.387 e. The smallest absolute Gasteiger partial charge is 0.296 e. The van der Waals surface area contributed by atoms with Gasteiger partial charge in [0.05, 0.1) is 6.10 Å². The summed E-state index contributed by atoms with van der Waals surface area (Å²) in [6.07, 6.45) is 2.91. The number of benzene rings is 1. The molecule has 1 aromatic rings. The Kier molecular flexibility index (Phi) is 10.1. The van der Waals surface area contributed by atoms with Crippen LogP contribution < -0.4 is 9.86 Å². The van der Waals surface area contributed by atoms with Crippen LogP contribution in [-0.4, -0.2) is 38.1 Å². The molecular formula is C16H31N3O3S. The van der Waals surface area contributed by atoms with Gasteiger partial charge in [0.25, 0.3) is 10.2 Å². The molecule has 4 N–H and O–H groups in total. The zero-order valence-electron chi connectivity index (χ0n) is 13.3. The van der Waals surface area contributed by atoms with Crippen molar-refractivity contribution in [3.8, 4) is 0 Å². The minimum absolute atomic E-state index is 0. The predicted molar refractivity (Wildman–Crippen MR) is 96.5 cm³/mol. The van der Waals surface area contributed by atoms with Crippen molar-refractivity contribution in [2.45, 2.75) is 46.6 Å². The van der Waals surface area contributed by atoms with Gasteiger partial charge in [-0.2, -0.15) is 8.42 Å². The van der Waals surface area contributed by atoms with Crippen molar-refractivity contribution in [3.63, 3.8) is 0 Å². The van der Waals surface area contributed by atoms with E-state index in [9.17, 15) is 13.5 Å². The Morgan fingerprint density at radius 2 is 1.83 bits per heavy atom. The fourth-order valence-corrected chi connectivity index (χ4v) is 2.72. The van der Waals surface area contributed by atoms with Crippen LogP contribution in [0.1, 0.15) is 52.2 Å². The fraction of sp³-hybridized carbons (Fsp3) is 0.625. The zero-order valence-corrected chi connectivity index (χ0v) is 14.1. The first-order chi connectivity index (χ1) is 10.4. The molecule has 0 bridgehead atoms. The molecular weight excluding hydrogens is 314 g/mol. The molecule has 134 valence electrons. The Morgan fingerprint density at radius 3 is 2.30 bits per heavy atom. The van der Waals surface area contributed by atoms with Gasteiger partial charge in [0.15, 0.2) is 0 Å². The lowest BCUT2D eigenvalue weighted by molar-refractivity contribution is 0.115. The average molecular weight is 346 g/mol. The van der Waals surface area contributed by atoms with Crippen molar-refractivity contribution >= 4 is 15.9 Å². The molecule has 23 heavy (non-hydrogen) atoms. The number of nitrogens with two attached hydrogens (primary N) is 1. The van der Waals surface area contributed by atoms with E-state index in [1.165, 1.54) is 12.8 Å². The van der Waals surface area contributed by atoms with E-state index in [0.29, 0.717) is 12.2 Å². The third-order valence-corrected chi connectivity index (χ3v) is 4.03. The van der Waals surface area contributed by atoms with E-state index >= 15 is 0 Å². The number of hydrogen-bond acceptors (Lipinski definition) is 4. The Bertz CT molecular complexity index is 532. The quantitative estimate of drug-likeness (QED) is 0.568. The van der Waals surface area contributed by atoms with Gasteiger partial charge in [-0.1, -0.05) is 46.2 Å². The van der Waals surface area contributed by atoms with Gasteiger partial charge >= 0.3 is 0 Å². The minimum atomic E-state index is -3.77. The second-order valence-corrected chi connectivity index (χ2v) is 6.68. The zero-order chi connectivity index (χ0) is 16.6. The monoisotopic (exact) mass is 345 g/mol. The Labute approximate surface area is 140 Å². The summed E-state index contributed by atoms with van der Waals surface area (Å²) in [5, 5.41) is 15.2. The topological polar surface area (TPSA) is 95.7 Å². The molecule has 0 aromatic heterocycles. The lowest BCUT2D eigenvalue weighted by Crippen LogP contribution is -2.29. The standard InChI is InChI=1S/C15H27N3O3S.CH4/c1-3-5-6-11-18(4-2)12-15(19)13-7-9-14(10-8-13)17-22(16,20)21;/h7-10,15,17,19H,3-6,11-12H2,1-2H3,(H2,16,20,21);1H4. The predicted octanol–water partition coefficient (Wildman–Crippen LogP) is 2.48. The van der Waals surface area contributed by atoms with Crippen molar-refractivity contribution in [1.29, 1.82) is 0 Å². The Balaban J connectivity index is 0.00000484. The molecule has 0 saturated carbocycles. The van der Waals surface area contributed by atoms with Crippen LogP contribution in [0.2, 0.25) is 0 Å². The van der Waals surface area contributed by atoms with E-state index in [0.717, 1.165) is 25.1 Å². The highest BCUT2D eigenvalue weighted by Gasteiger charge is 2.12. The van der Waals surface area contributed by atoms with Crippen molar-refractivity contribution in [1.82, 2.24) is 4.90 Å². The summed E-state index contributed by atoms with van der Waals surface area (Å²) in [5.41, 5.74) is 1.14. The van der Waals surface area contributed by atoms with Gasteiger partial charge in [0, 0.05) is 12.2 Å². The molecule has 7 heteroatoms. The number of likely N-dealkylation sites (N-methyl/N-ethyl adjacent to an activating group) is 1. The molecule has 1 rings (SSSR count). The molecule has 0 aliphatic heterocycles. The second-order valence-electron chi connectivity index (χ2n) is 5.39. The van der Waals surface area contributed by atoms with Gasteiger partial charge in [-0.05, 0) is 37.2 Å². The van der Waals surface area contributed by atoms with Gasteiger partial charge in [0.1, 0.15) is 0 Å². The largest absolute Gasteiger partial charge is 0.387 e. The Hall–Kier alpha value is -1.15. The Morgan fingerprint density at radius 1 is 1.22 bits per heavy atom. The van der Waals surface area contributed by atoms with Crippen LogP contribution in [0.15, 0.2) is 24.3 Å². The van der Waals surface area contributed by atoms with Crippen LogP contribution in [0.25, 0.3) is 0 Å². The molecule has 1 unspecified atom stereocenters. The fourth-order valence-electron chi connectivity index (χ4n) is 2.25. The number of unbranched alkanes of at least 4 members (excludes halogenated alkanes) is 2. The lowest BCUT2D eigenvalue weighted by atomic mass is 10.1. The van der Waals surface area contributed by atoms with E-state index in [2.05, 4.69) is 23.5 Å². The van der Waals surface area contributed by atoms with Crippen LogP contribution >= 0.6 is 0 Å². The number of anilines is 1. The van der Waals surface area contributed by atoms with Crippen LogP contribution in [0, 0.1) is 0 Å². The van der Waals surface area contributed by atoms with Crippen LogP contribution in [0.5, 0.6) is 0 Å². The summed E-state index contributed by atoms with van der Waals surface area (Å²) in [5.74, 6) is 0. The van der Waals surface area contributed by atoms with Crippen molar-refractivity contribution in [2.75, 3.05) is 24.4 Å². The molecule has 0 fully saturated rings. The first-order valence-electron chi connectivity index (χ1n) is 7.66. The second kappa shape index (κ2) is 10.6. The molecule has 6 nitrogen and oxygen atoms in total. The molecule has 0 aliphatic rings. The molecule has 0 aliphatic carbocycles. The molecule has 1 atom stereocenters. The van der Waals surface area contributed by atoms with Crippen LogP contribution in [-0.2, 0) is 10.2 Å². The molecule has 0 spiro atoms. The molecule has 0 heterocycles. The van der Waals surface area contributed by atoms with E-state index in [1.54, 1.807) is 24.3 Å². The van der Waals surface area contributed by atoms with Crippen LogP contribution in [0.3, 0.4) is 0 Å². The first kappa shape index (κ1) is 21.9. The third-order valence-electron chi connectivity index (χ3n) is 3.51. The molecule has 0 radical (unpaired) electrons. The number of nitrogens with zero attached hydrogens (tertiary/aromatic N) is 1. The van der Waals surface area contributed by atoms with E-state index in [4.69, 9.17) is 5.14 Å². The molecule has 0 saturated heterocycles. The number of nitrogens with one attached hydrogen (secondary N) is 1. The summed E-state index contributed by atoms with van der Waals surface area (Å²) < 4.78 is 24.1. The van der Waals surface area contributed by atoms with Crippen molar-refractivity contribution in [3.05, 3.63) is 29.8 Å². The maximum absolute atomic E-state index is 10.9. The van der Waals surface area contributed by atoms with Crippen molar-refractivity contribution < 1.29 is 13.5 Å². The van der Waals surface area contributed by atoms with Gasteiger partial charge in [-0.3, -0.25) is 4.72 Å². The van der Waals surface area contributed by atoms with E-state index in [-0.39, 0.29) is 7.43 Å². The summed E-state index contributed by atoms with van der Waals surface area (Å²) in [4.78, 5) is 2.22. The summed E-state index contributed by atoms with van der Waals surface area (Å²) in [7, 11) is -3.77. The third kappa shape index (κ3) is 8.90. The summed E-state index contributed by atoms with van der Waals surface area (Å²) >= 11 is 0. The SMILES string of the molecule is C.CCCCCN(CC)CC(O)c1ccc(NS(N)(=O)=O)cc1. The lowest BCUT2D eigenvalue weighted by Gasteiger charge is -2.23. The number of aliphatic hydroxyl groups is 1. The van der Waals surface area contributed by atoms with E-state index in [1.807, 2.05) is 0 Å². The summed E-state index contributed by atoms with van der Waals surface area (Å²) in [6.45, 7) is 6.69. The first-order valence-corrected chi connectivity index (χ1v) is 9.21. The highest BCUT2D eigenvalue weighted by Crippen LogP contribution is 2.18.